The summed E-state index contributed by atoms with van der Waals surface area (Å²) in [5.74, 6) is 12.9. The van der Waals surface area contributed by atoms with E-state index in [1.165, 1.54) is 12.8 Å². The minimum atomic E-state index is 0.604. The molecule has 0 aliphatic rings. The quantitative estimate of drug-likeness (QED) is 0.432. The SMILES string of the molecule is CCCCCC#CC=C(C#Cc1ccccc1)OCC. The molecule has 0 N–H and O–H groups in total. The van der Waals surface area contributed by atoms with Crippen molar-refractivity contribution < 1.29 is 4.74 Å². The molecule has 0 aliphatic heterocycles. The maximum Gasteiger partial charge on any atom is 0.178 e. The average Bonchev–Trinajstić information content (AvgIpc) is 2.49. The van der Waals surface area contributed by atoms with Gasteiger partial charge in [-0.15, -0.1) is 0 Å². The molecule has 1 nitrogen and oxygen atoms in total. The minimum Gasteiger partial charge on any atom is -0.485 e. The maximum atomic E-state index is 5.48. The van der Waals surface area contributed by atoms with Crippen molar-refractivity contribution in [2.45, 2.75) is 39.5 Å². The number of rotatable bonds is 5. The Labute approximate surface area is 123 Å². The smallest absolute Gasteiger partial charge is 0.178 e. The van der Waals surface area contributed by atoms with Crippen LogP contribution >= 0.6 is 0 Å². The lowest BCUT2D eigenvalue weighted by atomic mass is 10.2. The Bertz CT molecular complexity index is 518. The van der Waals surface area contributed by atoms with Crippen molar-refractivity contribution in [3.8, 4) is 23.7 Å². The molecule has 1 rings (SSSR count). The highest BCUT2D eigenvalue weighted by atomic mass is 16.5. The van der Waals surface area contributed by atoms with Gasteiger partial charge < -0.3 is 4.74 Å². The Kier molecular flexibility index (Phi) is 8.58. The third-order valence-electron chi connectivity index (χ3n) is 2.61. The summed E-state index contributed by atoms with van der Waals surface area (Å²) in [5, 5.41) is 0. The standard InChI is InChI=1S/C19H22O/c1-3-5-6-7-8-12-15-19(20-4-2)17-16-18-13-10-9-11-14-18/h9-11,13-15H,3-7H2,1-2H3. The normalized spacial score (nSPS) is 10.0. The van der Waals surface area contributed by atoms with Gasteiger partial charge in [0.1, 0.15) is 0 Å². The second kappa shape index (κ2) is 10.8. The summed E-state index contributed by atoms with van der Waals surface area (Å²) in [6, 6.07) is 9.88. The number of allylic oxidation sites excluding steroid dienone is 2. The molecular formula is C19H22O. The molecule has 0 saturated heterocycles. The first-order valence-corrected chi connectivity index (χ1v) is 7.25. The first-order valence-electron chi connectivity index (χ1n) is 7.25. The molecule has 1 aromatic carbocycles. The van der Waals surface area contributed by atoms with Crippen LogP contribution in [0.4, 0.5) is 0 Å². The highest BCUT2D eigenvalue weighted by Crippen LogP contribution is 2.00. The summed E-state index contributed by atoms with van der Waals surface area (Å²) in [7, 11) is 0. The second-order valence-corrected chi connectivity index (χ2v) is 4.34. The van der Waals surface area contributed by atoms with Gasteiger partial charge in [0.25, 0.3) is 0 Å². The molecular weight excluding hydrogens is 244 g/mol. The molecule has 0 bridgehead atoms. The van der Waals surface area contributed by atoms with Crippen LogP contribution in [0, 0.1) is 23.7 Å². The van der Waals surface area contributed by atoms with Crippen molar-refractivity contribution in [1.29, 1.82) is 0 Å². The van der Waals surface area contributed by atoms with Gasteiger partial charge in [0.2, 0.25) is 0 Å². The van der Waals surface area contributed by atoms with E-state index in [0.29, 0.717) is 12.4 Å². The molecule has 0 amide bonds. The molecule has 0 fully saturated rings. The van der Waals surface area contributed by atoms with E-state index in [4.69, 9.17) is 4.74 Å². The number of ether oxygens (including phenoxy) is 1. The molecule has 20 heavy (non-hydrogen) atoms. The zero-order chi connectivity index (χ0) is 14.5. The highest BCUT2D eigenvalue weighted by molar-refractivity contribution is 5.40. The lowest BCUT2D eigenvalue weighted by Gasteiger charge is -1.98. The van der Waals surface area contributed by atoms with Crippen molar-refractivity contribution in [3.63, 3.8) is 0 Å². The van der Waals surface area contributed by atoms with Gasteiger partial charge in [-0.1, -0.05) is 55.7 Å². The number of hydrogen-bond donors (Lipinski definition) is 0. The largest absolute Gasteiger partial charge is 0.485 e. The van der Waals surface area contributed by atoms with Crippen LogP contribution in [0.25, 0.3) is 0 Å². The van der Waals surface area contributed by atoms with E-state index in [2.05, 4.69) is 30.6 Å². The highest BCUT2D eigenvalue weighted by Gasteiger charge is 1.89. The monoisotopic (exact) mass is 266 g/mol. The van der Waals surface area contributed by atoms with Crippen LogP contribution in [0.3, 0.4) is 0 Å². The Morgan fingerprint density at radius 1 is 1.15 bits per heavy atom. The maximum absolute atomic E-state index is 5.48. The van der Waals surface area contributed by atoms with E-state index in [9.17, 15) is 0 Å². The first kappa shape index (κ1) is 15.9. The first-order chi connectivity index (χ1) is 9.86. The summed E-state index contributed by atoms with van der Waals surface area (Å²) in [4.78, 5) is 0. The summed E-state index contributed by atoms with van der Waals surface area (Å²) in [5.41, 5.74) is 0.981. The fourth-order valence-electron chi connectivity index (χ4n) is 1.58. The van der Waals surface area contributed by atoms with Crippen molar-refractivity contribution in [3.05, 3.63) is 47.7 Å². The van der Waals surface area contributed by atoms with Crippen LogP contribution in [0.5, 0.6) is 0 Å². The zero-order valence-corrected chi connectivity index (χ0v) is 12.4. The van der Waals surface area contributed by atoms with E-state index in [1.54, 1.807) is 6.08 Å². The predicted octanol–water partition coefficient (Wildman–Crippen LogP) is 4.54. The van der Waals surface area contributed by atoms with Crippen LogP contribution in [-0.2, 0) is 4.74 Å². The summed E-state index contributed by atoms with van der Waals surface area (Å²) >= 11 is 0. The van der Waals surface area contributed by atoms with Gasteiger partial charge in [-0.25, -0.2) is 0 Å². The molecule has 0 aromatic heterocycles. The molecule has 0 saturated carbocycles. The van der Waals surface area contributed by atoms with Crippen LogP contribution in [0.15, 0.2) is 42.2 Å². The summed E-state index contributed by atoms with van der Waals surface area (Å²) < 4.78 is 5.48. The fraction of sp³-hybridized carbons (Fsp3) is 0.368. The van der Waals surface area contributed by atoms with E-state index in [0.717, 1.165) is 18.4 Å². The van der Waals surface area contributed by atoms with Gasteiger partial charge >= 0.3 is 0 Å². The minimum absolute atomic E-state index is 0.604. The Morgan fingerprint density at radius 3 is 2.65 bits per heavy atom. The van der Waals surface area contributed by atoms with E-state index in [1.807, 2.05) is 37.3 Å². The molecule has 0 aliphatic carbocycles. The van der Waals surface area contributed by atoms with Gasteiger partial charge in [-0.2, -0.15) is 0 Å². The van der Waals surface area contributed by atoms with Gasteiger partial charge in [0.05, 0.1) is 6.61 Å². The number of benzene rings is 1. The molecule has 0 spiro atoms. The lowest BCUT2D eigenvalue weighted by molar-refractivity contribution is 0.246. The molecule has 1 aromatic rings. The molecule has 0 radical (unpaired) electrons. The van der Waals surface area contributed by atoms with E-state index < -0.39 is 0 Å². The Hall–Kier alpha value is -2.12. The summed E-state index contributed by atoms with van der Waals surface area (Å²) in [6.45, 7) is 4.75. The predicted molar refractivity (Wildman–Crippen MR) is 84.9 cm³/mol. The lowest BCUT2D eigenvalue weighted by Crippen LogP contribution is -1.88. The van der Waals surface area contributed by atoms with E-state index in [-0.39, 0.29) is 0 Å². The molecule has 0 heterocycles. The van der Waals surface area contributed by atoms with Gasteiger partial charge in [0.15, 0.2) is 5.76 Å². The van der Waals surface area contributed by atoms with Crippen molar-refractivity contribution in [1.82, 2.24) is 0 Å². The Balaban J connectivity index is 2.62. The third-order valence-corrected chi connectivity index (χ3v) is 2.61. The van der Waals surface area contributed by atoms with Crippen LogP contribution in [-0.4, -0.2) is 6.61 Å². The van der Waals surface area contributed by atoms with Crippen molar-refractivity contribution in [2.24, 2.45) is 0 Å². The van der Waals surface area contributed by atoms with Crippen molar-refractivity contribution >= 4 is 0 Å². The topological polar surface area (TPSA) is 9.23 Å². The van der Waals surface area contributed by atoms with Gasteiger partial charge in [-0.3, -0.25) is 0 Å². The van der Waals surface area contributed by atoms with Crippen LogP contribution in [0.2, 0.25) is 0 Å². The Morgan fingerprint density at radius 2 is 1.95 bits per heavy atom. The van der Waals surface area contributed by atoms with Crippen LogP contribution < -0.4 is 0 Å². The zero-order valence-electron chi connectivity index (χ0n) is 12.4. The second-order valence-electron chi connectivity index (χ2n) is 4.34. The third kappa shape index (κ3) is 7.34. The molecule has 104 valence electrons. The average molecular weight is 266 g/mol. The molecule has 0 unspecified atom stereocenters. The van der Waals surface area contributed by atoms with Gasteiger partial charge in [0, 0.05) is 18.1 Å². The molecule has 0 atom stereocenters. The van der Waals surface area contributed by atoms with Crippen molar-refractivity contribution in [2.75, 3.05) is 6.61 Å². The molecule has 1 heteroatoms. The fourth-order valence-corrected chi connectivity index (χ4v) is 1.58. The summed E-state index contributed by atoms with van der Waals surface area (Å²) in [6.07, 6.45) is 6.34. The van der Waals surface area contributed by atoms with Crippen LogP contribution in [0.1, 0.15) is 45.1 Å². The van der Waals surface area contributed by atoms with Gasteiger partial charge in [-0.05, 0) is 31.4 Å². The van der Waals surface area contributed by atoms with E-state index >= 15 is 0 Å². The number of hydrogen-bond acceptors (Lipinski definition) is 1. The number of unbranched alkanes of at least 4 members (excludes halogenated alkanes) is 3.